The summed E-state index contributed by atoms with van der Waals surface area (Å²) in [6, 6.07) is 0. The van der Waals surface area contributed by atoms with Crippen LogP contribution in [-0.2, 0) is 4.79 Å². The van der Waals surface area contributed by atoms with Gasteiger partial charge in [0.2, 0.25) is 0 Å². The van der Waals surface area contributed by atoms with E-state index in [-0.39, 0.29) is 40.0 Å². The first-order valence-electron chi connectivity index (χ1n) is 0.471. The van der Waals surface area contributed by atoms with Gasteiger partial charge in [0.25, 0.3) is 0 Å². The molecule has 4 heteroatoms. The van der Waals surface area contributed by atoms with Gasteiger partial charge in [-0.2, -0.15) is 0 Å². The Morgan fingerprint density at radius 3 is 1.60 bits per heavy atom. The van der Waals surface area contributed by atoms with E-state index in [0.717, 1.165) is 0 Å². The number of halogens is 1. The maximum Gasteiger partial charge on any atom is 2.00 e. The normalized spacial score (nSPS) is 2.40. The van der Waals surface area contributed by atoms with E-state index in [9.17, 15) is 0 Å². The monoisotopic (exact) mass is 148 g/mol. The Morgan fingerprint density at radius 1 is 1.60 bits per heavy atom. The third-order valence-electron chi connectivity index (χ3n) is 0. The SMILES string of the molecule is O=C[O-].[Br-].[Mg+2]. The van der Waals surface area contributed by atoms with Gasteiger partial charge >= 0.3 is 23.1 Å². The third-order valence-corrected chi connectivity index (χ3v) is 0. The first-order chi connectivity index (χ1) is 1.41. The first-order valence-corrected chi connectivity index (χ1v) is 0.471. The number of hydrogen-bond acceptors (Lipinski definition) is 2. The standard InChI is InChI=1S/CH2O2.BrH.Mg/c2-1-3;;/h1H,(H,2,3);1H;/q;;+2/p-2. The van der Waals surface area contributed by atoms with Gasteiger partial charge in [-0.1, -0.05) is 0 Å². The van der Waals surface area contributed by atoms with Crippen molar-refractivity contribution in [1.29, 1.82) is 0 Å². The maximum atomic E-state index is 8.25. The zero-order valence-corrected chi connectivity index (χ0v) is 5.48. The number of rotatable bonds is 0. The van der Waals surface area contributed by atoms with Crippen LogP contribution in [0.15, 0.2) is 0 Å². The van der Waals surface area contributed by atoms with Crippen LogP contribution < -0.4 is 22.1 Å². The largest absolute Gasteiger partial charge is 2.00 e. The van der Waals surface area contributed by atoms with Gasteiger partial charge in [-0.05, 0) is 0 Å². The second kappa shape index (κ2) is 22.1. The molecule has 0 aliphatic rings. The topological polar surface area (TPSA) is 40.1 Å². The summed E-state index contributed by atoms with van der Waals surface area (Å²) in [5, 5.41) is 8.25. The molecule has 0 aliphatic heterocycles. The number of carbonyl (C=O) groups is 1. The zero-order chi connectivity index (χ0) is 2.71. The van der Waals surface area contributed by atoms with Gasteiger partial charge < -0.3 is 26.9 Å². The summed E-state index contributed by atoms with van der Waals surface area (Å²) in [6.45, 7) is -0.500. The van der Waals surface area contributed by atoms with Crippen molar-refractivity contribution >= 4 is 29.5 Å². The Balaban J connectivity index is -0.0000000200. The molecule has 0 saturated heterocycles. The summed E-state index contributed by atoms with van der Waals surface area (Å²) < 4.78 is 0. The minimum atomic E-state index is -0.500. The molecule has 0 bridgehead atoms. The molecule has 0 amide bonds. The van der Waals surface area contributed by atoms with Crippen molar-refractivity contribution in [1.82, 2.24) is 0 Å². The molecule has 0 spiro atoms. The molecule has 0 atom stereocenters. The van der Waals surface area contributed by atoms with Crippen LogP contribution in [0.2, 0.25) is 0 Å². The second-order valence-corrected chi connectivity index (χ2v) is 0.0962. The Labute approximate surface area is 56.5 Å². The van der Waals surface area contributed by atoms with Crippen LogP contribution in [0.3, 0.4) is 0 Å². The van der Waals surface area contributed by atoms with Crippen molar-refractivity contribution in [2.24, 2.45) is 0 Å². The van der Waals surface area contributed by atoms with Gasteiger partial charge in [0, 0.05) is 6.47 Å². The molecule has 2 nitrogen and oxygen atoms in total. The van der Waals surface area contributed by atoms with Gasteiger partial charge in [-0.25, -0.2) is 0 Å². The fourth-order valence-electron chi connectivity index (χ4n) is 0. The first kappa shape index (κ1) is 17.2. The van der Waals surface area contributed by atoms with Crippen molar-refractivity contribution in [2.45, 2.75) is 0 Å². The van der Waals surface area contributed by atoms with Crippen molar-refractivity contribution in [2.75, 3.05) is 0 Å². The molecule has 0 rings (SSSR count). The quantitative estimate of drug-likeness (QED) is 0.255. The van der Waals surface area contributed by atoms with Crippen LogP contribution in [0, 0.1) is 0 Å². The average molecular weight is 149 g/mol. The Bertz CT molecular complexity index is 17.1. The van der Waals surface area contributed by atoms with E-state index < -0.39 is 6.47 Å². The summed E-state index contributed by atoms with van der Waals surface area (Å²) in [6.07, 6.45) is 0. The molecule has 0 fully saturated rings. The summed E-state index contributed by atoms with van der Waals surface area (Å²) in [4.78, 5) is 8.25. The van der Waals surface area contributed by atoms with Crippen molar-refractivity contribution in [3.8, 4) is 0 Å². The van der Waals surface area contributed by atoms with E-state index in [1.807, 2.05) is 0 Å². The average Bonchev–Trinajstić information content (AvgIpc) is 0.918. The van der Waals surface area contributed by atoms with Crippen molar-refractivity contribution in [3.63, 3.8) is 0 Å². The number of carboxylic acid groups (broad SMARTS) is 1. The second-order valence-electron chi connectivity index (χ2n) is 0.0962. The van der Waals surface area contributed by atoms with Crippen LogP contribution in [0.1, 0.15) is 0 Å². The van der Waals surface area contributed by atoms with Gasteiger partial charge in [-0.15, -0.1) is 0 Å². The molecule has 0 heterocycles. The van der Waals surface area contributed by atoms with Crippen LogP contribution in [0.4, 0.5) is 0 Å². The Morgan fingerprint density at radius 2 is 1.60 bits per heavy atom. The molecular formula is CHBrMgO2. The molecule has 0 aromatic rings. The maximum absolute atomic E-state index is 8.25. The molecule has 0 aliphatic carbocycles. The minimum Gasteiger partial charge on any atom is -1.00 e. The summed E-state index contributed by atoms with van der Waals surface area (Å²) in [5.74, 6) is 0. The van der Waals surface area contributed by atoms with E-state index in [0.29, 0.717) is 0 Å². The molecule has 26 valence electrons. The van der Waals surface area contributed by atoms with Crippen LogP contribution >= 0.6 is 0 Å². The molecule has 0 aromatic heterocycles. The predicted octanol–water partition coefficient (Wildman–Crippen LogP) is -5.01. The van der Waals surface area contributed by atoms with E-state index in [4.69, 9.17) is 9.90 Å². The summed E-state index contributed by atoms with van der Waals surface area (Å²) in [5.41, 5.74) is 0. The van der Waals surface area contributed by atoms with Crippen LogP contribution in [-0.4, -0.2) is 29.5 Å². The fourth-order valence-corrected chi connectivity index (χ4v) is 0. The van der Waals surface area contributed by atoms with E-state index in [1.165, 1.54) is 0 Å². The van der Waals surface area contributed by atoms with Crippen LogP contribution in [0.25, 0.3) is 0 Å². The molecule has 0 radical (unpaired) electrons. The molecule has 0 aromatic carbocycles. The number of carbonyl (C=O) groups excluding carboxylic acids is 1. The van der Waals surface area contributed by atoms with E-state index >= 15 is 0 Å². The van der Waals surface area contributed by atoms with E-state index in [2.05, 4.69) is 0 Å². The summed E-state index contributed by atoms with van der Waals surface area (Å²) >= 11 is 0. The molecule has 5 heavy (non-hydrogen) atoms. The van der Waals surface area contributed by atoms with Crippen molar-refractivity contribution in [3.05, 3.63) is 0 Å². The molecule has 0 unspecified atom stereocenters. The summed E-state index contributed by atoms with van der Waals surface area (Å²) in [7, 11) is 0. The smallest absolute Gasteiger partial charge is 1.00 e. The Kier molecular flexibility index (Phi) is 76.2. The van der Waals surface area contributed by atoms with Gasteiger partial charge in [-0.3, -0.25) is 0 Å². The molecular weight excluding hydrogens is 148 g/mol. The van der Waals surface area contributed by atoms with E-state index in [1.54, 1.807) is 0 Å². The fraction of sp³-hybridized carbons (Fsp3) is 0. The minimum absolute atomic E-state index is 0. The Hall–Kier alpha value is 0.716. The van der Waals surface area contributed by atoms with Gasteiger partial charge in [0.1, 0.15) is 0 Å². The molecule has 0 saturated carbocycles. The zero-order valence-electron chi connectivity index (χ0n) is 2.48. The van der Waals surface area contributed by atoms with Gasteiger partial charge in [0.05, 0.1) is 0 Å². The van der Waals surface area contributed by atoms with Crippen molar-refractivity contribution < 1.29 is 26.9 Å². The van der Waals surface area contributed by atoms with Crippen LogP contribution in [0.5, 0.6) is 0 Å². The predicted molar refractivity (Wildman–Crippen MR) is 11.8 cm³/mol. The molecule has 0 N–H and O–H groups in total. The van der Waals surface area contributed by atoms with Gasteiger partial charge in [0.15, 0.2) is 0 Å². The third kappa shape index (κ3) is 67.8. The number of hydrogen-bond donors (Lipinski definition) is 0.